The lowest BCUT2D eigenvalue weighted by molar-refractivity contribution is -0.138. The third kappa shape index (κ3) is 5.52. The van der Waals surface area contributed by atoms with Crippen LogP contribution in [0.25, 0.3) is 11.0 Å². The van der Waals surface area contributed by atoms with Crippen molar-refractivity contribution in [1.29, 1.82) is 0 Å². The Hall–Kier alpha value is -3.70. The Kier molecular flexibility index (Phi) is 7.47. The molecular formula is C23H24ClN5O6. The molecule has 11 nitrogen and oxygen atoms in total. The molecule has 1 unspecified atom stereocenters. The van der Waals surface area contributed by atoms with E-state index in [1.165, 1.54) is 6.07 Å². The van der Waals surface area contributed by atoms with E-state index in [1.54, 1.807) is 42.4 Å². The molecular weight excluding hydrogens is 478 g/mol. The van der Waals surface area contributed by atoms with Gasteiger partial charge in [0.15, 0.2) is 6.61 Å². The van der Waals surface area contributed by atoms with Crippen LogP contribution < -0.4 is 20.6 Å². The maximum atomic E-state index is 12.8. The number of aryl methyl sites for hydroxylation is 1. The summed E-state index contributed by atoms with van der Waals surface area (Å²) >= 11 is 5.93. The van der Waals surface area contributed by atoms with Gasteiger partial charge in [-0.2, -0.15) is 0 Å². The number of nitrogens with one attached hydrogen (secondary N) is 1. The SMILES string of the molecule is Cc1c(Cl)c(=O)oc2cc(OCC(=O)NC(CO)C(=O)N3CCN(c4ncccn4)CC3)ccc12. The summed E-state index contributed by atoms with van der Waals surface area (Å²) in [4.78, 5) is 49.0. The molecule has 12 heteroatoms. The lowest BCUT2D eigenvalue weighted by atomic mass is 10.1. The van der Waals surface area contributed by atoms with Gasteiger partial charge in [0.2, 0.25) is 11.9 Å². The van der Waals surface area contributed by atoms with E-state index >= 15 is 0 Å². The van der Waals surface area contributed by atoms with Crippen molar-refractivity contribution >= 4 is 40.3 Å². The largest absolute Gasteiger partial charge is 0.484 e. The smallest absolute Gasteiger partial charge is 0.355 e. The number of fused-ring (bicyclic) bond motifs is 1. The van der Waals surface area contributed by atoms with E-state index in [9.17, 15) is 19.5 Å². The summed E-state index contributed by atoms with van der Waals surface area (Å²) in [5, 5.41) is 12.9. The lowest BCUT2D eigenvalue weighted by Gasteiger charge is -2.36. The summed E-state index contributed by atoms with van der Waals surface area (Å²) in [6.07, 6.45) is 3.31. The summed E-state index contributed by atoms with van der Waals surface area (Å²) in [6, 6.07) is 5.41. The molecule has 0 spiro atoms. The number of carbonyl (C=O) groups is 2. The maximum Gasteiger partial charge on any atom is 0.355 e. The normalized spacial score (nSPS) is 14.6. The number of amides is 2. The van der Waals surface area contributed by atoms with Crippen molar-refractivity contribution in [2.24, 2.45) is 0 Å². The Morgan fingerprint density at radius 2 is 1.94 bits per heavy atom. The van der Waals surface area contributed by atoms with Crippen LogP contribution >= 0.6 is 11.6 Å². The van der Waals surface area contributed by atoms with Crippen molar-refractivity contribution in [3.63, 3.8) is 0 Å². The van der Waals surface area contributed by atoms with Gasteiger partial charge in [-0.1, -0.05) is 11.6 Å². The minimum atomic E-state index is -1.09. The van der Waals surface area contributed by atoms with Gasteiger partial charge in [0, 0.05) is 50.0 Å². The first-order valence-corrected chi connectivity index (χ1v) is 11.3. The zero-order chi connectivity index (χ0) is 24.9. The van der Waals surface area contributed by atoms with Crippen LogP contribution in [0.2, 0.25) is 5.02 Å². The molecule has 2 amide bonds. The Morgan fingerprint density at radius 1 is 1.23 bits per heavy atom. The zero-order valence-corrected chi connectivity index (χ0v) is 19.7. The summed E-state index contributed by atoms with van der Waals surface area (Å²) in [7, 11) is 0. The molecule has 0 radical (unpaired) electrons. The Morgan fingerprint density at radius 3 is 2.63 bits per heavy atom. The molecule has 1 aromatic carbocycles. The number of ether oxygens (including phenoxy) is 1. The lowest BCUT2D eigenvalue weighted by Crippen LogP contribution is -2.56. The summed E-state index contributed by atoms with van der Waals surface area (Å²) in [5.41, 5.74) is 0.204. The van der Waals surface area contributed by atoms with E-state index in [0.29, 0.717) is 48.8 Å². The van der Waals surface area contributed by atoms with E-state index < -0.39 is 30.8 Å². The van der Waals surface area contributed by atoms with Crippen molar-refractivity contribution in [3.8, 4) is 5.75 Å². The number of hydrogen-bond donors (Lipinski definition) is 2. The molecule has 1 atom stereocenters. The molecule has 1 aliphatic heterocycles. The van der Waals surface area contributed by atoms with Gasteiger partial charge in [0.1, 0.15) is 22.4 Å². The number of hydrogen-bond acceptors (Lipinski definition) is 9. The second-order valence-corrected chi connectivity index (χ2v) is 8.32. The van der Waals surface area contributed by atoms with Crippen molar-refractivity contribution in [3.05, 3.63) is 57.7 Å². The van der Waals surface area contributed by atoms with E-state index in [2.05, 4.69) is 15.3 Å². The van der Waals surface area contributed by atoms with Crippen LogP contribution in [0.3, 0.4) is 0 Å². The van der Waals surface area contributed by atoms with Gasteiger partial charge >= 0.3 is 5.63 Å². The zero-order valence-electron chi connectivity index (χ0n) is 18.9. The van der Waals surface area contributed by atoms with Gasteiger partial charge in [-0.05, 0) is 30.7 Å². The minimum absolute atomic E-state index is 0.0140. The number of rotatable bonds is 7. The minimum Gasteiger partial charge on any atom is -0.484 e. The van der Waals surface area contributed by atoms with Crippen LogP contribution in [0.15, 0.2) is 45.9 Å². The molecule has 184 valence electrons. The van der Waals surface area contributed by atoms with E-state index in [1.807, 2.05) is 4.90 Å². The number of anilines is 1. The molecule has 1 saturated heterocycles. The molecule has 2 N–H and O–H groups in total. The highest BCUT2D eigenvalue weighted by Crippen LogP contribution is 2.25. The summed E-state index contributed by atoms with van der Waals surface area (Å²) < 4.78 is 10.7. The first kappa shape index (κ1) is 24.4. The predicted octanol–water partition coefficient (Wildman–Crippen LogP) is 0.750. The number of aliphatic hydroxyl groups excluding tert-OH is 1. The number of nitrogens with zero attached hydrogens (tertiary/aromatic N) is 4. The highest BCUT2D eigenvalue weighted by atomic mass is 35.5. The predicted molar refractivity (Wildman–Crippen MR) is 128 cm³/mol. The number of benzene rings is 1. The molecule has 0 aliphatic carbocycles. The van der Waals surface area contributed by atoms with Crippen LogP contribution in [0.4, 0.5) is 5.95 Å². The molecule has 1 fully saturated rings. The van der Waals surface area contributed by atoms with Gasteiger partial charge in [-0.3, -0.25) is 9.59 Å². The monoisotopic (exact) mass is 501 g/mol. The summed E-state index contributed by atoms with van der Waals surface area (Å²) in [5.74, 6) is -0.0736. The average molecular weight is 502 g/mol. The molecule has 2 aromatic heterocycles. The fourth-order valence-corrected chi connectivity index (χ4v) is 3.92. The first-order chi connectivity index (χ1) is 16.9. The van der Waals surface area contributed by atoms with Crippen LogP contribution in [0.1, 0.15) is 5.56 Å². The van der Waals surface area contributed by atoms with Gasteiger partial charge < -0.3 is 29.4 Å². The fraction of sp³-hybridized carbons (Fsp3) is 0.348. The number of piperazine rings is 1. The van der Waals surface area contributed by atoms with E-state index in [-0.39, 0.29) is 16.5 Å². The third-order valence-corrected chi connectivity index (χ3v) is 6.12. The molecule has 0 saturated carbocycles. The van der Waals surface area contributed by atoms with Crippen molar-refractivity contribution in [1.82, 2.24) is 20.2 Å². The number of carbonyl (C=O) groups excluding carboxylic acids is 2. The number of halogens is 1. The molecule has 0 bridgehead atoms. The van der Waals surface area contributed by atoms with Gasteiger partial charge in [-0.15, -0.1) is 0 Å². The van der Waals surface area contributed by atoms with Crippen LogP contribution in [-0.4, -0.2) is 77.2 Å². The highest BCUT2D eigenvalue weighted by molar-refractivity contribution is 6.31. The van der Waals surface area contributed by atoms with Crippen LogP contribution in [0, 0.1) is 6.92 Å². The molecule has 4 rings (SSSR count). The topological polar surface area (TPSA) is 138 Å². The fourth-order valence-electron chi connectivity index (χ4n) is 3.77. The quantitative estimate of drug-likeness (QED) is 0.449. The van der Waals surface area contributed by atoms with Crippen molar-refractivity contribution < 1.29 is 23.8 Å². The van der Waals surface area contributed by atoms with Gasteiger partial charge in [-0.25, -0.2) is 14.8 Å². The van der Waals surface area contributed by atoms with Crippen molar-refractivity contribution in [2.45, 2.75) is 13.0 Å². The number of aliphatic hydroxyl groups is 1. The Bertz CT molecular complexity index is 1280. The molecule has 3 heterocycles. The Balaban J connectivity index is 1.31. The maximum absolute atomic E-state index is 12.8. The Labute approximate surface area is 205 Å². The van der Waals surface area contributed by atoms with Crippen LogP contribution in [-0.2, 0) is 9.59 Å². The van der Waals surface area contributed by atoms with E-state index in [4.69, 9.17) is 20.8 Å². The highest BCUT2D eigenvalue weighted by Gasteiger charge is 2.29. The van der Waals surface area contributed by atoms with Gasteiger partial charge in [0.25, 0.3) is 5.91 Å². The van der Waals surface area contributed by atoms with Crippen molar-refractivity contribution in [2.75, 3.05) is 44.3 Å². The van der Waals surface area contributed by atoms with E-state index in [0.717, 1.165) is 0 Å². The van der Waals surface area contributed by atoms with Crippen LogP contribution in [0.5, 0.6) is 5.75 Å². The molecule has 35 heavy (non-hydrogen) atoms. The first-order valence-electron chi connectivity index (χ1n) is 10.9. The number of aromatic nitrogens is 2. The summed E-state index contributed by atoms with van der Waals surface area (Å²) in [6.45, 7) is 2.65. The second kappa shape index (κ2) is 10.7. The molecule has 1 aliphatic rings. The molecule has 3 aromatic rings. The average Bonchev–Trinajstić information content (AvgIpc) is 2.89. The van der Waals surface area contributed by atoms with Gasteiger partial charge in [0.05, 0.1) is 6.61 Å². The second-order valence-electron chi connectivity index (χ2n) is 7.94. The standard InChI is InChI=1S/C23H24ClN5O6/c1-14-16-4-3-15(11-18(16)35-22(33)20(14)24)34-13-19(31)27-17(12-30)21(32)28-7-9-29(10-8-28)23-25-5-2-6-26-23/h2-6,11,17,30H,7-10,12-13H2,1H3,(H,27,31). The third-order valence-electron chi connectivity index (χ3n) is 5.68.